The van der Waals surface area contributed by atoms with Crippen LogP contribution in [-0.4, -0.2) is 39.0 Å². The molecule has 2 bridgehead atoms. The van der Waals surface area contributed by atoms with Crippen molar-refractivity contribution in [3.63, 3.8) is 0 Å². The monoisotopic (exact) mass is 199 g/mol. The molecule has 13 heavy (non-hydrogen) atoms. The topological polar surface area (TPSA) is 12.5 Å². The fourth-order valence-corrected chi connectivity index (χ4v) is 3.67. The summed E-state index contributed by atoms with van der Waals surface area (Å²) in [5, 5.41) is 0. The Morgan fingerprint density at radius 3 is 2.15 bits per heavy atom. The molecule has 0 aromatic carbocycles. The predicted molar refractivity (Wildman–Crippen MR) is 57.4 cm³/mol. The summed E-state index contributed by atoms with van der Waals surface area (Å²) in [5.41, 5.74) is 0. The Labute approximate surface area is 82.4 Å². The minimum Gasteiger partial charge on any atom is -0.413 e. The second kappa shape index (κ2) is 3.37. The number of hydrogen-bond acceptors (Lipinski definition) is 2. The molecule has 0 amide bonds. The number of piperidine rings is 3. The molecule has 3 heterocycles. The Kier molecular flexibility index (Phi) is 2.51. The van der Waals surface area contributed by atoms with Gasteiger partial charge in [0.25, 0.3) is 0 Å². The Balaban J connectivity index is 1.94. The van der Waals surface area contributed by atoms with Gasteiger partial charge in [0.15, 0.2) is 8.32 Å². The molecule has 1 unspecified atom stereocenters. The molecule has 3 rings (SSSR count). The van der Waals surface area contributed by atoms with Gasteiger partial charge in [-0.05, 0) is 51.5 Å². The summed E-state index contributed by atoms with van der Waals surface area (Å²) < 4.78 is 6.21. The lowest BCUT2D eigenvalue weighted by Gasteiger charge is -2.46. The fourth-order valence-electron chi connectivity index (χ4n) is 2.50. The van der Waals surface area contributed by atoms with Crippen molar-refractivity contribution < 1.29 is 4.43 Å². The summed E-state index contributed by atoms with van der Waals surface area (Å²) in [7, 11) is -1.31. The zero-order chi connectivity index (χ0) is 9.47. The van der Waals surface area contributed by atoms with E-state index < -0.39 is 8.32 Å². The zero-order valence-corrected chi connectivity index (χ0v) is 10.0. The molecule has 0 aliphatic carbocycles. The van der Waals surface area contributed by atoms with Crippen LogP contribution in [-0.2, 0) is 4.43 Å². The van der Waals surface area contributed by atoms with Gasteiger partial charge in [-0.15, -0.1) is 0 Å². The van der Waals surface area contributed by atoms with E-state index in [0.717, 1.165) is 5.92 Å². The average Bonchev–Trinajstić information content (AvgIpc) is 2.03. The normalized spacial score (nSPS) is 39.5. The van der Waals surface area contributed by atoms with Crippen LogP contribution in [0.4, 0.5) is 0 Å². The maximum absolute atomic E-state index is 6.21. The summed E-state index contributed by atoms with van der Waals surface area (Å²) in [5.74, 6) is 0.872. The average molecular weight is 199 g/mol. The van der Waals surface area contributed by atoms with E-state index in [2.05, 4.69) is 24.5 Å². The van der Waals surface area contributed by atoms with Gasteiger partial charge in [0.05, 0.1) is 6.10 Å². The van der Waals surface area contributed by atoms with Gasteiger partial charge >= 0.3 is 0 Å². The van der Waals surface area contributed by atoms with Crippen LogP contribution in [0.5, 0.6) is 0 Å². The van der Waals surface area contributed by atoms with Crippen molar-refractivity contribution in [1.29, 1.82) is 0 Å². The second-order valence-electron chi connectivity index (χ2n) is 5.41. The molecule has 1 atom stereocenters. The van der Waals surface area contributed by atoms with Crippen LogP contribution in [0.3, 0.4) is 0 Å². The summed E-state index contributed by atoms with van der Waals surface area (Å²) in [4.78, 5) is 2.56. The number of rotatable bonds is 2. The van der Waals surface area contributed by atoms with Crippen LogP contribution < -0.4 is 0 Å². The van der Waals surface area contributed by atoms with Gasteiger partial charge in [0.2, 0.25) is 0 Å². The first-order valence-corrected chi connectivity index (χ1v) is 8.85. The highest BCUT2D eigenvalue weighted by Crippen LogP contribution is 2.31. The van der Waals surface area contributed by atoms with Crippen molar-refractivity contribution in [2.75, 3.05) is 19.6 Å². The van der Waals surface area contributed by atoms with E-state index in [9.17, 15) is 0 Å². The van der Waals surface area contributed by atoms with E-state index in [1.807, 2.05) is 0 Å². The molecule has 3 aliphatic rings. The molecule has 0 spiro atoms. The Morgan fingerprint density at radius 1 is 1.15 bits per heavy atom. The maximum atomic E-state index is 6.21. The Bertz CT molecular complexity index is 182. The van der Waals surface area contributed by atoms with Gasteiger partial charge in [-0.1, -0.05) is 0 Å². The van der Waals surface area contributed by atoms with Crippen LogP contribution in [0.2, 0.25) is 19.6 Å². The third-order valence-electron chi connectivity index (χ3n) is 3.10. The van der Waals surface area contributed by atoms with Crippen LogP contribution in [0.15, 0.2) is 0 Å². The van der Waals surface area contributed by atoms with Gasteiger partial charge in [-0.2, -0.15) is 0 Å². The van der Waals surface area contributed by atoms with Crippen molar-refractivity contribution >= 4 is 8.32 Å². The van der Waals surface area contributed by atoms with Gasteiger partial charge < -0.3 is 9.33 Å². The summed E-state index contributed by atoms with van der Waals surface area (Å²) in [6.45, 7) is 10.7. The third-order valence-corrected chi connectivity index (χ3v) is 4.11. The van der Waals surface area contributed by atoms with E-state index in [1.165, 1.54) is 32.5 Å². The molecule has 3 fully saturated rings. The largest absolute Gasteiger partial charge is 0.413 e. The van der Waals surface area contributed by atoms with Crippen LogP contribution in [0, 0.1) is 5.92 Å². The minimum absolute atomic E-state index is 0.564. The van der Waals surface area contributed by atoms with Crippen LogP contribution >= 0.6 is 0 Å². The number of fused-ring (bicyclic) bond motifs is 3. The summed E-state index contributed by atoms with van der Waals surface area (Å²) in [6, 6.07) is 0. The quantitative estimate of drug-likeness (QED) is 0.630. The lowest BCUT2D eigenvalue weighted by atomic mass is 9.86. The van der Waals surface area contributed by atoms with E-state index in [1.54, 1.807) is 0 Å². The minimum atomic E-state index is -1.31. The highest BCUT2D eigenvalue weighted by atomic mass is 28.4. The Hall–Kier alpha value is 0.137. The molecule has 3 heteroatoms. The van der Waals surface area contributed by atoms with E-state index >= 15 is 0 Å². The predicted octanol–water partition coefficient (Wildman–Crippen LogP) is 1.93. The van der Waals surface area contributed by atoms with E-state index in [0.29, 0.717) is 6.10 Å². The van der Waals surface area contributed by atoms with Crippen LogP contribution in [0.1, 0.15) is 12.8 Å². The number of hydrogen-bond donors (Lipinski definition) is 0. The highest BCUT2D eigenvalue weighted by Gasteiger charge is 2.36. The third kappa shape index (κ3) is 2.33. The standard InChI is InChI=1S/C10H21NOSi/c1-13(2,3)12-10-8-11-6-4-9(10)5-7-11/h9-10H,4-8H2,1-3H3. The van der Waals surface area contributed by atoms with Gasteiger partial charge in [-0.3, -0.25) is 0 Å². The van der Waals surface area contributed by atoms with Crippen molar-refractivity contribution in [2.45, 2.75) is 38.6 Å². The van der Waals surface area contributed by atoms with Crippen molar-refractivity contribution in [3.05, 3.63) is 0 Å². The van der Waals surface area contributed by atoms with Crippen molar-refractivity contribution in [3.8, 4) is 0 Å². The smallest absolute Gasteiger partial charge is 0.184 e. The highest BCUT2D eigenvalue weighted by molar-refractivity contribution is 6.69. The molecule has 2 nitrogen and oxygen atoms in total. The zero-order valence-electron chi connectivity index (χ0n) is 9.05. The Morgan fingerprint density at radius 2 is 1.77 bits per heavy atom. The lowest BCUT2D eigenvalue weighted by Crippen LogP contribution is -2.53. The van der Waals surface area contributed by atoms with Gasteiger partial charge in [0.1, 0.15) is 0 Å². The lowest BCUT2D eigenvalue weighted by molar-refractivity contribution is -0.0121. The molecule has 0 aromatic rings. The maximum Gasteiger partial charge on any atom is 0.184 e. The number of nitrogens with zero attached hydrogens (tertiary/aromatic N) is 1. The first-order valence-electron chi connectivity index (χ1n) is 5.45. The van der Waals surface area contributed by atoms with Crippen molar-refractivity contribution in [1.82, 2.24) is 4.90 Å². The molecular formula is C10H21NOSi. The molecule has 76 valence electrons. The molecule has 0 N–H and O–H groups in total. The SMILES string of the molecule is C[Si](C)(C)OC1CN2CCC1CC2. The fraction of sp³-hybridized carbons (Fsp3) is 1.00. The van der Waals surface area contributed by atoms with E-state index in [4.69, 9.17) is 4.43 Å². The molecule has 0 radical (unpaired) electrons. The second-order valence-corrected chi connectivity index (χ2v) is 9.87. The summed E-state index contributed by atoms with van der Waals surface area (Å²) in [6.07, 6.45) is 3.30. The van der Waals surface area contributed by atoms with E-state index in [-0.39, 0.29) is 0 Å². The molecule has 3 saturated heterocycles. The molecule has 0 saturated carbocycles. The van der Waals surface area contributed by atoms with Crippen LogP contribution in [0.25, 0.3) is 0 Å². The molecule has 3 aliphatic heterocycles. The molecule has 0 aromatic heterocycles. The summed E-state index contributed by atoms with van der Waals surface area (Å²) >= 11 is 0. The van der Waals surface area contributed by atoms with Gasteiger partial charge in [-0.25, -0.2) is 0 Å². The van der Waals surface area contributed by atoms with Crippen molar-refractivity contribution in [2.24, 2.45) is 5.92 Å². The first kappa shape index (κ1) is 9.68. The molecular weight excluding hydrogens is 178 g/mol. The first-order chi connectivity index (χ1) is 6.04. The van der Waals surface area contributed by atoms with Gasteiger partial charge in [0, 0.05) is 6.54 Å².